The monoisotopic (exact) mass is 425 g/mol. The fraction of sp³-hybridized carbons (Fsp3) is 0.182. The maximum absolute atomic E-state index is 12.8. The second-order valence-corrected chi connectivity index (χ2v) is 7.11. The van der Waals surface area contributed by atoms with Gasteiger partial charge in [0.25, 0.3) is 11.8 Å². The van der Waals surface area contributed by atoms with Crippen LogP contribution in [0.15, 0.2) is 65.3 Å². The molecule has 0 radical (unpaired) electrons. The van der Waals surface area contributed by atoms with E-state index in [1.165, 1.54) is 6.26 Å². The van der Waals surface area contributed by atoms with Crippen LogP contribution in [-0.4, -0.2) is 38.1 Å². The van der Waals surface area contributed by atoms with E-state index in [9.17, 15) is 9.59 Å². The number of carbonyl (C=O) groups is 2. The predicted octanol–water partition coefficient (Wildman–Crippen LogP) is 4.27. The second-order valence-electron chi connectivity index (χ2n) is 6.70. The molecule has 4 rings (SSSR count). The van der Waals surface area contributed by atoms with Crippen LogP contribution in [0.2, 0.25) is 5.02 Å². The van der Waals surface area contributed by atoms with E-state index in [2.05, 4.69) is 15.5 Å². The molecule has 7 nitrogen and oxygen atoms in total. The summed E-state index contributed by atoms with van der Waals surface area (Å²) in [6.45, 7) is 2.64. The Morgan fingerprint density at radius 3 is 2.37 bits per heavy atom. The zero-order valence-corrected chi connectivity index (χ0v) is 16.8. The lowest BCUT2D eigenvalue weighted by Gasteiger charge is -2.31. The molecule has 1 aliphatic rings. The number of nitrogens with zero attached hydrogens (tertiary/aromatic N) is 1. The number of benzene rings is 2. The van der Waals surface area contributed by atoms with Crippen molar-refractivity contribution in [3.05, 3.63) is 77.2 Å². The van der Waals surface area contributed by atoms with Crippen molar-refractivity contribution in [3.63, 3.8) is 0 Å². The number of ether oxygens (including phenoxy) is 1. The van der Waals surface area contributed by atoms with Gasteiger partial charge < -0.3 is 24.7 Å². The summed E-state index contributed by atoms with van der Waals surface area (Å²) >= 11 is 6.42. The van der Waals surface area contributed by atoms with Gasteiger partial charge >= 0.3 is 0 Å². The smallest absolute Gasteiger partial charge is 0.291 e. The maximum atomic E-state index is 12.8. The van der Waals surface area contributed by atoms with Crippen LogP contribution in [-0.2, 0) is 4.74 Å². The number of furan rings is 1. The molecule has 0 spiro atoms. The molecule has 2 amide bonds. The first-order valence-corrected chi connectivity index (χ1v) is 9.87. The number of para-hydroxylation sites is 1. The Kier molecular flexibility index (Phi) is 6.02. The van der Waals surface area contributed by atoms with Crippen molar-refractivity contribution in [1.82, 2.24) is 0 Å². The number of anilines is 3. The molecule has 0 aliphatic carbocycles. The van der Waals surface area contributed by atoms with Crippen molar-refractivity contribution < 1.29 is 18.7 Å². The normalized spacial score (nSPS) is 13.7. The van der Waals surface area contributed by atoms with Gasteiger partial charge in [-0.1, -0.05) is 17.7 Å². The number of carbonyl (C=O) groups excluding carboxylic acids is 2. The van der Waals surface area contributed by atoms with Crippen molar-refractivity contribution >= 4 is 40.5 Å². The molecule has 1 fully saturated rings. The first-order valence-electron chi connectivity index (χ1n) is 9.49. The van der Waals surface area contributed by atoms with Gasteiger partial charge in [-0.3, -0.25) is 9.59 Å². The van der Waals surface area contributed by atoms with Crippen LogP contribution in [0.4, 0.5) is 17.1 Å². The average Bonchev–Trinajstić information content (AvgIpc) is 3.30. The Morgan fingerprint density at radius 2 is 1.67 bits per heavy atom. The van der Waals surface area contributed by atoms with Crippen LogP contribution < -0.4 is 15.5 Å². The maximum Gasteiger partial charge on any atom is 0.291 e. The SMILES string of the molecule is O=C(Nc1cccc(Cl)c1N1CCOCC1)c1ccc(NC(=O)c2ccco2)cc1. The van der Waals surface area contributed by atoms with Crippen molar-refractivity contribution in [2.75, 3.05) is 41.8 Å². The Hall–Kier alpha value is -3.29. The second kappa shape index (κ2) is 9.02. The Labute approximate surface area is 178 Å². The van der Waals surface area contributed by atoms with Gasteiger partial charge in [0.1, 0.15) is 0 Å². The fourth-order valence-electron chi connectivity index (χ4n) is 3.22. The van der Waals surface area contributed by atoms with Gasteiger partial charge in [0.05, 0.1) is 35.9 Å². The topological polar surface area (TPSA) is 83.8 Å². The minimum Gasteiger partial charge on any atom is -0.459 e. The lowest BCUT2D eigenvalue weighted by Crippen LogP contribution is -2.37. The number of nitrogens with one attached hydrogen (secondary N) is 2. The summed E-state index contributed by atoms with van der Waals surface area (Å²) in [4.78, 5) is 26.9. The molecule has 0 bridgehead atoms. The molecule has 2 heterocycles. The van der Waals surface area contributed by atoms with Gasteiger partial charge in [0.15, 0.2) is 5.76 Å². The predicted molar refractivity (Wildman–Crippen MR) is 116 cm³/mol. The molecule has 1 aliphatic heterocycles. The lowest BCUT2D eigenvalue weighted by molar-refractivity contribution is 0.0995. The molecule has 0 saturated carbocycles. The summed E-state index contributed by atoms with van der Waals surface area (Å²) in [5.41, 5.74) is 2.45. The largest absolute Gasteiger partial charge is 0.459 e. The van der Waals surface area contributed by atoms with E-state index in [1.54, 1.807) is 48.5 Å². The van der Waals surface area contributed by atoms with Crippen molar-refractivity contribution in [2.24, 2.45) is 0 Å². The zero-order chi connectivity index (χ0) is 20.9. The zero-order valence-electron chi connectivity index (χ0n) is 16.1. The number of amides is 2. The molecule has 1 saturated heterocycles. The molecule has 30 heavy (non-hydrogen) atoms. The van der Waals surface area contributed by atoms with Crippen LogP contribution in [0.1, 0.15) is 20.9 Å². The number of rotatable bonds is 5. The van der Waals surface area contributed by atoms with Crippen LogP contribution >= 0.6 is 11.6 Å². The Balaban J connectivity index is 1.46. The van der Waals surface area contributed by atoms with E-state index in [1.807, 2.05) is 6.07 Å². The number of halogens is 1. The van der Waals surface area contributed by atoms with E-state index in [0.29, 0.717) is 48.3 Å². The fourth-order valence-corrected chi connectivity index (χ4v) is 3.52. The molecule has 154 valence electrons. The molecule has 3 aromatic rings. The number of hydrogen-bond donors (Lipinski definition) is 2. The van der Waals surface area contributed by atoms with Gasteiger partial charge in [-0.15, -0.1) is 0 Å². The summed E-state index contributed by atoms with van der Waals surface area (Å²) in [5.74, 6) is -0.407. The highest BCUT2D eigenvalue weighted by Gasteiger charge is 2.19. The van der Waals surface area contributed by atoms with Gasteiger partial charge in [0.2, 0.25) is 0 Å². The molecule has 0 atom stereocenters. The van der Waals surface area contributed by atoms with Gasteiger partial charge in [-0.05, 0) is 48.5 Å². The van der Waals surface area contributed by atoms with Gasteiger partial charge in [-0.25, -0.2) is 0 Å². The Morgan fingerprint density at radius 1 is 0.900 bits per heavy atom. The minimum atomic E-state index is -0.355. The highest BCUT2D eigenvalue weighted by Crippen LogP contribution is 2.34. The highest BCUT2D eigenvalue weighted by atomic mass is 35.5. The van der Waals surface area contributed by atoms with Crippen molar-refractivity contribution in [2.45, 2.75) is 0 Å². The van der Waals surface area contributed by atoms with Gasteiger partial charge in [-0.2, -0.15) is 0 Å². The summed E-state index contributed by atoms with van der Waals surface area (Å²) in [6.07, 6.45) is 1.43. The summed E-state index contributed by atoms with van der Waals surface area (Å²) in [6, 6.07) is 15.3. The van der Waals surface area contributed by atoms with E-state index in [0.717, 1.165) is 5.69 Å². The Bertz CT molecular complexity index is 1030. The first-order chi connectivity index (χ1) is 14.6. The molecule has 8 heteroatoms. The van der Waals surface area contributed by atoms with E-state index < -0.39 is 0 Å². The molecular weight excluding hydrogens is 406 g/mol. The van der Waals surface area contributed by atoms with Crippen LogP contribution in [0.25, 0.3) is 0 Å². The summed E-state index contributed by atoms with van der Waals surface area (Å²) in [7, 11) is 0. The molecule has 2 N–H and O–H groups in total. The van der Waals surface area contributed by atoms with Crippen LogP contribution in [0.5, 0.6) is 0 Å². The van der Waals surface area contributed by atoms with Crippen molar-refractivity contribution in [1.29, 1.82) is 0 Å². The third kappa shape index (κ3) is 4.48. The van der Waals surface area contributed by atoms with Gasteiger partial charge in [0, 0.05) is 24.3 Å². The van der Waals surface area contributed by atoms with E-state index >= 15 is 0 Å². The standard InChI is InChI=1S/C22H20ClN3O4/c23-17-3-1-4-18(20(17)26-10-13-29-14-11-26)25-21(27)15-6-8-16(9-7-15)24-22(28)19-5-2-12-30-19/h1-9,12H,10-11,13-14H2,(H,24,28)(H,25,27). The third-order valence-electron chi connectivity index (χ3n) is 4.71. The lowest BCUT2D eigenvalue weighted by atomic mass is 10.1. The summed E-state index contributed by atoms with van der Waals surface area (Å²) < 4.78 is 10.5. The molecular formula is C22H20ClN3O4. The van der Waals surface area contributed by atoms with E-state index in [-0.39, 0.29) is 17.6 Å². The quantitative estimate of drug-likeness (QED) is 0.637. The number of morpholine rings is 1. The molecule has 1 aromatic heterocycles. The third-order valence-corrected chi connectivity index (χ3v) is 5.02. The highest BCUT2D eigenvalue weighted by molar-refractivity contribution is 6.34. The van der Waals surface area contributed by atoms with Crippen LogP contribution in [0, 0.1) is 0 Å². The van der Waals surface area contributed by atoms with Crippen molar-refractivity contribution in [3.8, 4) is 0 Å². The number of hydrogen-bond acceptors (Lipinski definition) is 5. The minimum absolute atomic E-state index is 0.216. The summed E-state index contributed by atoms with van der Waals surface area (Å²) in [5, 5.41) is 6.23. The molecule has 2 aromatic carbocycles. The van der Waals surface area contributed by atoms with E-state index in [4.69, 9.17) is 20.8 Å². The molecule has 0 unspecified atom stereocenters. The van der Waals surface area contributed by atoms with Crippen LogP contribution in [0.3, 0.4) is 0 Å². The average molecular weight is 426 g/mol. The first kappa shape index (κ1) is 20.0.